The van der Waals surface area contributed by atoms with E-state index in [1.165, 1.54) is 19.8 Å². The highest BCUT2D eigenvalue weighted by atomic mass is 16.6. The Morgan fingerprint density at radius 2 is 2.00 bits per heavy atom. The molecule has 0 aromatic rings. The lowest BCUT2D eigenvalue weighted by Crippen LogP contribution is -2.68. The van der Waals surface area contributed by atoms with E-state index >= 15 is 0 Å². The fourth-order valence-electron chi connectivity index (χ4n) is 3.61. The largest absolute Gasteiger partial charge is 0.458 e. The van der Waals surface area contributed by atoms with E-state index in [1.54, 1.807) is 0 Å². The number of carbonyl (C=O) groups is 1. The van der Waals surface area contributed by atoms with Crippen LogP contribution < -0.4 is 0 Å². The number of esters is 1. The van der Waals surface area contributed by atoms with Crippen LogP contribution in [0, 0.1) is 17.3 Å². The minimum atomic E-state index is -0.151. The topological polar surface area (TPSA) is 26.3 Å². The van der Waals surface area contributed by atoms with Gasteiger partial charge in [0.2, 0.25) is 0 Å². The SMILES string of the molecule is CC(=O)OC12CC(CCC1C)C2(C)C. The quantitative estimate of drug-likeness (QED) is 0.603. The van der Waals surface area contributed by atoms with Crippen LogP contribution >= 0.6 is 0 Å². The molecule has 3 rings (SSSR count). The lowest BCUT2D eigenvalue weighted by atomic mass is 9.42. The van der Waals surface area contributed by atoms with Crippen molar-refractivity contribution in [2.24, 2.45) is 17.3 Å². The van der Waals surface area contributed by atoms with Gasteiger partial charge in [-0.3, -0.25) is 4.79 Å². The van der Waals surface area contributed by atoms with Gasteiger partial charge < -0.3 is 4.74 Å². The molecule has 3 unspecified atom stereocenters. The van der Waals surface area contributed by atoms with Gasteiger partial charge >= 0.3 is 5.97 Å². The van der Waals surface area contributed by atoms with Gasteiger partial charge in [-0.2, -0.15) is 0 Å². The highest BCUT2D eigenvalue weighted by Gasteiger charge is 2.67. The zero-order chi connectivity index (χ0) is 10.6. The zero-order valence-electron chi connectivity index (χ0n) is 9.59. The van der Waals surface area contributed by atoms with Crippen LogP contribution in [-0.4, -0.2) is 11.6 Å². The van der Waals surface area contributed by atoms with Crippen molar-refractivity contribution >= 4 is 5.97 Å². The van der Waals surface area contributed by atoms with Gasteiger partial charge in [-0.15, -0.1) is 0 Å². The first-order valence-electron chi connectivity index (χ1n) is 5.60. The minimum absolute atomic E-state index is 0.120. The summed E-state index contributed by atoms with van der Waals surface area (Å²) in [6, 6.07) is 0. The van der Waals surface area contributed by atoms with Crippen LogP contribution in [0.1, 0.15) is 47.0 Å². The van der Waals surface area contributed by atoms with Crippen LogP contribution in [0.3, 0.4) is 0 Å². The number of ether oxygens (including phenoxy) is 1. The highest BCUT2D eigenvalue weighted by Crippen LogP contribution is 2.65. The fraction of sp³-hybridized carbons (Fsp3) is 0.917. The first kappa shape index (κ1) is 10.0. The van der Waals surface area contributed by atoms with E-state index in [2.05, 4.69) is 20.8 Å². The maximum Gasteiger partial charge on any atom is 0.303 e. The van der Waals surface area contributed by atoms with Crippen molar-refractivity contribution in [1.29, 1.82) is 0 Å². The Balaban J connectivity index is 2.26. The normalized spacial score (nSPS) is 44.0. The summed E-state index contributed by atoms with van der Waals surface area (Å²) < 4.78 is 5.63. The lowest BCUT2D eigenvalue weighted by molar-refractivity contribution is -0.265. The predicted octanol–water partition coefficient (Wildman–Crippen LogP) is 2.76. The molecule has 3 fully saturated rings. The molecule has 0 aromatic heterocycles. The molecular weight excluding hydrogens is 176 g/mol. The van der Waals surface area contributed by atoms with Gasteiger partial charge in [0.05, 0.1) is 0 Å². The number of carbonyl (C=O) groups excluding carboxylic acids is 1. The summed E-state index contributed by atoms with van der Waals surface area (Å²) in [4.78, 5) is 11.2. The van der Waals surface area contributed by atoms with Gasteiger partial charge in [0.25, 0.3) is 0 Å². The van der Waals surface area contributed by atoms with Gasteiger partial charge in [-0.05, 0) is 31.1 Å². The van der Waals surface area contributed by atoms with Crippen LogP contribution in [0.15, 0.2) is 0 Å². The smallest absolute Gasteiger partial charge is 0.303 e. The highest BCUT2D eigenvalue weighted by molar-refractivity contribution is 5.67. The third-order valence-electron chi connectivity index (χ3n) is 4.73. The van der Waals surface area contributed by atoms with Crippen LogP contribution in [0.4, 0.5) is 0 Å². The summed E-state index contributed by atoms with van der Waals surface area (Å²) in [5, 5.41) is 0. The molecule has 0 saturated heterocycles. The molecule has 3 aliphatic carbocycles. The van der Waals surface area contributed by atoms with Crippen molar-refractivity contribution in [3.05, 3.63) is 0 Å². The Hall–Kier alpha value is -0.530. The Bertz CT molecular complexity index is 269. The Labute approximate surface area is 86.0 Å². The molecule has 0 amide bonds. The molecule has 0 N–H and O–H groups in total. The average Bonchev–Trinajstić information content (AvgIpc) is 2.07. The summed E-state index contributed by atoms with van der Waals surface area (Å²) >= 11 is 0. The van der Waals surface area contributed by atoms with Crippen LogP contribution in [0.25, 0.3) is 0 Å². The van der Waals surface area contributed by atoms with Crippen molar-refractivity contribution in [2.45, 2.75) is 52.6 Å². The molecule has 2 bridgehead atoms. The molecule has 2 heteroatoms. The molecule has 14 heavy (non-hydrogen) atoms. The fourth-order valence-corrected chi connectivity index (χ4v) is 3.61. The lowest BCUT2D eigenvalue weighted by Gasteiger charge is -2.66. The summed E-state index contributed by atoms with van der Waals surface area (Å²) in [7, 11) is 0. The maximum absolute atomic E-state index is 11.2. The van der Waals surface area contributed by atoms with Crippen LogP contribution in [0.5, 0.6) is 0 Å². The van der Waals surface area contributed by atoms with Gasteiger partial charge in [0, 0.05) is 12.3 Å². The van der Waals surface area contributed by atoms with E-state index in [0.717, 1.165) is 12.3 Å². The Morgan fingerprint density at radius 3 is 2.43 bits per heavy atom. The second-order valence-electron chi connectivity index (χ2n) is 5.58. The molecule has 2 nitrogen and oxygen atoms in total. The molecule has 3 aliphatic rings. The van der Waals surface area contributed by atoms with Crippen LogP contribution in [-0.2, 0) is 9.53 Å². The zero-order valence-corrected chi connectivity index (χ0v) is 9.59. The molecule has 80 valence electrons. The van der Waals surface area contributed by atoms with Crippen LogP contribution in [0.2, 0.25) is 0 Å². The van der Waals surface area contributed by atoms with Crippen molar-refractivity contribution in [1.82, 2.24) is 0 Å². The molecule has 0 aromatic carbocycles. The molecule has 3 saturated carbocycles. The third-order valence-corrected chi connectivity index (χ3v) is 4.73. The van der Waals surface area contributed by atoms with E-state index in [4.69, 9.17) is 4.74 Å². The van der Waals surface area contributed by atoms with Gasteiger partial charge in [-0.25, -0.2) is 0 Å². The molecule has 0 spiro atoms. The van der Waals surface area contributed by atoms with Crippen molar-refractivity contribution in [2.75, 3.05) is 0 Å². The van der Waals surface area contributed by atoms with Crippen molar-refractivity contribution in [3.8, 4) is 0 Å². The van der Waals surface area contributed by atoms with E-state index in [-0.39, 0.29) is 17.0 Å². The summed E-state index contributed by atoms with van der Waals surface area (Å²) in [5.74, 6) is 1.16. The number of fused-ring (bicyclic) bond motifs is 2. The summed E-state index contributed by atoms with van der Waals surface area (Å²) in [6.07, 6.45) is 3.60. The molecule has 0 aliphatic heterocycles. The standard InChI is InChI=1S/C12H20O2/c1-8-5-6-10-7-12(8,11(10,3)4)14-9(2)13/h8,10H,5-7H2,1-4H3. The van der Waals surface area contributed by atoms with Crippen molar-refractivity contribution in [3.63, 3.8) is 0 Å². The number of hydrogen-bond acceptors (Lipinski definition) is 2. The van der Waals surface area contributed by atoms with Gasteiger partial charge in [0.1, 0.15) is 5.60 Å². The van der Waals surface area contributed by atoms with E-state index < -0.39 is 0 Å². The Kier molecular flexibility index (Phi) is 1.96. The van der Waals surface area contributed by atoms with Gasteiger partial charge in [0.15, 0.2) is 0 Å². The molecular formula is C12H20O2. The van der Waals surface area contributed by atoms with E-state index in [9.17, 15) is 4.79 Å². The maximum atomic E-state index is 11.2. The minimum Gasteiger partial charge on any atom is -0.458 e. The average molecular weight is 196 g/mol. The van der Waals surface area contributed by atoms with E-state index in [0.29, 0.717) is 5.92 Å². The van der Waals surface area contributed by atoms with Gasteiger partial charge in [-0.1, -0.05) is 20.8 Å². The number of hydrogen-bond donors (Lipinski definition) is 0. The molecule has 3 atom stereocenters. The monoisotopic (exact) mass is 196 g/mol. The molecule has 0 radical (unpaired) electrons. The van der Waals surface area contributed by atoms with E-state index in [1.807, 2.05) is 0 Å². The predicted molar refractivity (Wildman–Crippen MR) is 54.8 cm³/mol. The second-order valence-corrected chi connectivity index (χ2v) is 5.58. The second kappa shape index (κ2) is 2.74. The van der Waals surface area contributed by atoms with Crippen molar-refractivity contribution < 1.29 is 9.53 Å². The number of rotatable bonds is 1. The first-order chi connectivity index (χ1) is 6.40. The summed E-state index contributed by atoms with van der Waals surface area (Å²) in [6.45, 7) is 8.25. The Morgan fingerprint density at radius 1 is 1.36 bits per heavy atom. The first-order valence-corrected chi connectivity index (χ1v) is 5.60. The summed E-state index contributed by atoms with van der Waals surface area (Å²) in [5.41, 5.74) is 0.0398. The third kappa shape index (κ3) is 0.999. The molecule has 0 heterocycles.